The van der Waals surface area contributed by atoms with Crippen LogP contribution in [-0.4, -0.2) is 56.6 Å². The number of aromatic nitrogens is 2. The van der Waals surface area contributed by atoms with Crippen LogP contribution in [0.5, 0.6) is 0 Å². The fourth-order valence-electron chi connectivity index (χ4n) is 3.31. The highest BCUT2D eigenvalue weighted by Gasteiger charge is 2.31. The molecule has 0 radical (unpaired) electrons. The highest BCUT2D eigenvalue weighted by Crippen LogP contribution is 2.21. The standard InChI is InChI=1S/C18H24N4O3/c1-13-19-18(20-25-13)12-22(14(2)23)16-8-9-21(10-16)11-17(24)15-6-4-3-5-7-15/h3-7,16-17,24H,8-12H2,1-2H3/t16-,17-/m0/s1. The summed E-state index contributed by atoms with van der Waals surface area (Å²) in [5.41, 5.74) is 0.914. The van der Waals surface area contributed by atoms with Crippen molar-refractivity contribution < 1.29 is 14.4 Å². The second kappa shape index (κ2) is 7.76. The fraction of sp³-hybridized carbons (Fsp3) is 0.500. The van der Waals surface area contributed by atoms with Crippen molar-refractivity contribution >= 4 is 5.91 Å². The lowest BCUT2D eigenvalue weighted by Crippen LogP contribution is -2.41. The van der Waals surface area contributed by atoms with Gasteiger partial charge in [0.25, 0.3) is 0 Å². The van der Waals surface area contributed by atoms with Crippen LogP contribution in [0.4, 0.5) is 0 Å². The summed E-state index contributed by atoms with van der Waals surface area (Å²) in [5, 5.41) is 14.3. The molecule has 2 atom stereocenters. The first kappa shape index (κ1) is 17.6. The molecule has 0 saturated carbocycles. The van der Waals surface area contributed by atoms with Gasteiger partial charge in [-0.3, -0.25) is 9.69 Å². The van der Waals surface area contributed by atoms with Gasteiger partial charge in [0.05, 0.1) is 12.6 Å². The Hall–Kier alpha value is -2.25. The van der Waals surface area contributed by atoms with Crippen molar-refractivity contribution in [2.75, 3.05) is 19.6 Å². The van der Waals surface area contributed by atoms with Crippen LogP contribution in [0.3, 0.4) is 0 Å². The molecular formula is C18H24N4O3. The van der Waals surface area contributed by atoms with Crippen molar-refractivity contribution in [3.8, 4) is 0 Å². The highest BCUT2D eigenvalue weighted by molar-refractivity contribution is 5.73. The van der Waals surface area contributed by atoms with Gasteiger partial charge in [0.1, 0.15) is 0 Å². The molecule has 1 amide bonds. The number of nitrogens with zero attached hydrogens (tertiary/aromatic N) is 4. The molecule has 25 heavy (non-hydrogen) atoms. The zero-order valence-electron chi connectivity index (χ0n) is 14.6. The summed E-state index contributed by atoms with van der Waals surface area (Å²) in [7, 11) is 0. The average molecular weight is 344 g/mol. The van der Waals surface area contributed by atoms with Gasteiger partial charge in [-0.05, 0) is 12.0 Å². The first-order valence-corrected chi connectivity index (χ1v) is 8.54. The van der Waals surface area contributed by atoms with Crippen molar-refractivity contribution in [2.45, 2.75) is 39.0 Å². The van der Waals surface area contributed by atoms with Gasteiger partial charge in [-0.1, -0.05) is 35.5 Å². The molecule has 1 aliphatic rings. The van der Waals surface area contributed by atoms with E-state index in [0.717, 1.165) is 25.1 Å². The van der Waals surface area contributed by atoms with Crippen LogP contribution in [0, 0.1) is 6.92 Å². The molecule has 0 spiro atoms. The van der Waals surface area contributed by atoms with Crippen molar-refractivity contribution in [3.63, 3.8) is 0 Å². The Morgan fingerprint density at radius 3 is 2.84 bits per heavy atom. The van der Waals surface area contributed by atoms with Crippen LogP contribution >= 0.6 is 0 Å². The predicted octanol–water partition coefficient (Wildman–Crippen LogP) is 1.53. The Labute approximate surface area is 147 Å². The van der Waals surface area contributed by atoms with E-state index in [-0.39, 0.29) is 11.9 Å². The summed E-state index contributed by atoms with van der Waals surface area (Å²) in [5.74, 6) is 1.02. The maximum absolute atomic E-state index is 12.1. The zero-order chi connectivity index (χ0) is 17.8. The molecule has 7 nitrogen and oxygen atoms in total. The molecular weight excluding hydrogens is 320 g/mol. The third kappa shape index (κ3) is 4.43. The van der Waals surface area contributed by atoms with Crippen LogP contribution in [0.25, 0.3) is 0 Å². The number of amides is 1. The predicted molar refractivity (Wildman–Crippen MR) is 91.5 cm³/mol. The van der Waals surface area contributed by atoms with Gasteiger partial charge < -0.3 is 14.5 Å². The van der Waals surface area contributed by atoms with E-state index in [1.54, 1.807) is 18.7 Å². The second-order valence-electron chi connectivity index (χ2n) is 6.51. The lowest BCUT2D eigenvalue weighted by atomic mass is 10.1. The second-order valence-corrected chi connectivity index (χ2v) is 6.51. The molecule has 0 bridgehead atoms. The minimum Gasteiger partial charge on any atom is -0.387 e. The number of hydrogen-bond acceptors (Lipinski definition) is 6. The van der Waals surface area contributed by atoms with Crippen molar-refractivity contribution in [1.82, 2.24) is 19.9 Å². The Bertz CT molecular complexity index is 703. The minimum absolute atomic E-state index is 0.00193. The number of hydrogen-bond donors (Lipinski definition) is 1. The molecule has 134 valence electrons. The molecule has 1 aromatic heterocycles. The Morgan fingerprint density at radius 2 is 2.20 bits per heavy atom. The van der Waals surface area contributed by atoms with E-state index in [0.29, 0.717) is 24.8 Å². The molecule has 1 saturated heterocycles. The summed E-state index contributed by atoms with van der Waals surface area (Å²) >= 11 is 0. The molecule has 7 heteroatoms. The number of carbonyl (C=O) groups excluding carboxylic acids is 1. The van der Waals surface area contributed by atoms with E-state index in [4.69, 9.17) is 4.52 Å². The topological polar surface area (TPSA) is 82.7 Å². The van der Waals surface area contributed by atoms with Gasteiger partial charge in [0, 0.05) is 39.5 Å². The molecule has 2 heterocycles. The first-order valence-electron chi connectivity index (χ1n) is 8.54. The molecule has 1 fully saturated rings. The average Bonchev–Trinajstić information content (AvgIpc) is 3.22. The van der Waals surface area contributed by atoms with E-state index in [1.165, 1.54) is 0 Å². The van der Waals surface area contributed by atoms with E-state index >= 15 is 0 Å². The summed E-state index contributed by atoms with van der Waals surface area (Å²) in [4.78, 5) is 20.2. The number of benzene rings is 1. The van der Waals surface area contributed by atoms with Crippen LogP contribution in [0.2, 0.25) is 0 Å². The smallest absolute Gasteiger partial charge is 0.223 e. The van der Waals surface area contributed by atoms with Gasteiger partial charge in [-0.25, -0.2) is 0 Å². The van der Waals surface area contributed by atoms with E-state index in [9.17, 15) is 9.90 Å². The Morgan fingerprint density at radius 1 is 1.44 bits per heavy atom. The third-order valence-electron chi connectivity index (χ3n) is 4.59. The summed E-state index contributed by atoms with van der Waals surface area (Å²) in [6, 6.07) is 9.74. The van der Waals surface area contributed by atoms with E-state index < -0.39 is 6.10 Å². The van der Waals surface area contributed by atoms with Gasteiger partial charge >= 0.3 is 0 Å². The fourth-order valence-corrected chi connectivity index (χ4v) is 3.31. The Balaban J connectivity index is 1.59. The van der Waals surface area contributed by atoms with Crippen LogP contribution in [0.1, 0.15) is 36.7 Å². The lowest BCUT2D eigenvalue weighted by molar-refractivity contribution is -0.131. The Kier molecular flexibility index (Phi) is 5.45. The van der Waals surface area contributed by atoms with E-state index in [1.807, 2.05) is 30.3 Å². The molecule has 0 unspecified atom stereocenters. The minimum atomic E-state index is -0.523. The van der Waals surface area contributed by atoms with E-state index in [2.05, 4.69) is 15.0 Å². The summed E-state index contributed by atoms with van der Waals surface area (Å²) in [6.45, 7) is 5.80. The van der Waals surface area contributed by atoms with Gasteiger partial charge in [-0.2, -0.15) is 4.98 Å². The number of aliphatic hydroxyl groups excluding tert-OH is 1. The van der Waals surface area contributed by atoms with Crippen LogP contribution in [-0.2, 0) is 11.3 Å². The first-order chi connectivity index (χ1) is 12.0. The number of β-amino-alcohol motifs (C(OH)–C–C–N with tert-alkyl or cyclic N) is 1. The molecule has 1 aromatic carbocycles. The van der Waals surface area contributed by atoms with Crippen molar-refractivity contribution in [1.29, 1.82) is 0 Å². The van der Waals surface area contributed by atoms with Gasteiger partial charge in [0.2, 0.25) is 11.8 Å². The highest BCUT2D eigenvalue weighted by atomic mass is 16.5. The quantitative estimate of drug-likeness (QED) is 0.856. The number of rotatable bonds is 6. The van der Waals surface area contributed by atoms with Gasteiger partial charge in [0.15, 0.2) is 5.82 Å². The molecule has 3 rings (SSSR count). The zero-order valence-corrected chi connectivity index (χ0v) is 14.6. The van der Waals surface area contributed by atoms with Gasteiger partial charge in [-0.15, -0.1) is 0 Å². The SMILES string of the molecule is CC(=O)N(Cc1noc(C)n1)[C@H]1CCN(C[C@H](O)c2ccccc2)C1. The maximum Gasteiger partial charge on any atom is 0.223 e. The summed E-state index contributed by atoms with van der Waals surface area (Å²) < 4.78 is 4.99. The van der Waals surface area contributed by atoms with Crippen molar-refractivity contribution in [3.05, 3.63) is 47.6 Å². The molecule has 2 aromatic rings. The van der Waals surface area contributed by atoms with Crippen LogP contribution in [0.15, 0.2) is 34.9 Å². The number of aliphatic hydroxyl groups is 1. The summed E-state index contributed by atoms with van der Waals surface area (Å²) in [6.07, 6.45) is 0.350. The monoisotopic (exact) mass is 344 g/mol. The van der Waals surface area contributed by atoms with Crippen LogP contribution < -0.4 is 0 Å². The normalized spacial score (nSPS) is 19.1. The largest absolute Gasteiger partial charge is 0.387 e. The lowest BCUT2D eigenvalue weighted by Gasteiger charge is -2.27. The molecule has 1 aliphatic heterocycles. The maximum atomic E-state index is 12.1. The molecule has 1 N–H and O–H groups in total. The third-order valence-corrected chi connectivity index (χ3v) is 4.59. The molecule has 0 aliphatic carbocycles. The number of aryl methyl sites for hydroxylation is 1. The number of likely N-dealkylation sites (tertiary alicyclic amines) is 1. The number of carbonyl (C=O) groups is 1. The van der Waals surface area contributed by atoms with Crippen molar-refractivity contribution in [2.24, 2.45) is 0 Å².